The van der Waals surface area contributed by atoms with Crippen LogP contribution in [0.2, 0.25) is 0 Å². The fourth-order valence-electron chi connectivity index (χ4n) is 3.81. The summed E-state index contributed by atoms with van der Waals surface area (Å²) in [7, 11) is 0. The third-order valence-corrected chi connectivity index (χ3v) is 5.95. The number of anilines is 2. The molecule has 2 amide bonds. The number of amides is 2. The molecule has 2 aromatic rings. The average Bonchev–Trinajstić information content (AvgIpc) is 3.14. The number of carbonyl (C=O) groups excluding carboxylic acids is 3. The van der Waals surface area contributed by atoms with Crippen molar-refractivity contribution in [2.75, 3.05) is 23.8 Å². The maximum absolute atomic E-state index is 14.8. The summed E-state index contributed by atoms with van der Waals surface area (Å²) in [5.74, 6) is -5.47. The van der Waals surface area contributed by atoms with Crippen LogP contribution in [0.15, 0.2) is 47.4 Å². The summed E-state index contributed by atoms with van der Waals surface area (Å²) in [4.78, 5) is 51.8. The van der Waals surface area contributed by atoms with Gasteiger partial charge in [0.05, 0.1) is 13.0 Å². The monoisotopic (exact) mass is 566 g/mol. The number of aliphatic hydroxyl groups is 1. The molecule has 3 rings (SSSR count). The molecule has 1 aliphatic heterocycles. The first-order chi connectivity index (χ1) is 19.1. The Kier molecular flexibility index (Phi) is 11.1. The van der Waals surface area contributed by atoms with E-state index >= 15 is 0 Å². The number of halogens is 2. The number of alkyl halides is 2. The van der Waals surface area contributed by atoms with Crippen LogP contribution in [0.1, 0.15) is 51.7 Å². The molecule has 0 radical (unpaired) electrons. The van der Waals surface area contributed by atoms with E-state index in [2.05, 4.69) is 15.6 Å². The number of esters is 1. The molecular formula is C26H32F2N4O8. The molecule has 12 nitrogen and oxygen atoms in total. The van der Waals surface area contributed by atoms with Crippen molar-refractivity contribution in [1.82, 2.24) is 9.55 Å². The second-order valence-electron chi connectivity index (χ2n) is 9.07. The summed E-state index contributed by atoms with van der Waals surface area (Å²) in [6.07, 6.45) is -3.18. The van der Waals surface area contributed by atoms with Crippen molar-refractivity contribution >= 4 is 29.5 Å². The van der Waals surface area contributed by atoms with Crippen molar-refractivity contribution < 1.29 is 42.5 Å². The zero-order valence-corrected chi connectivity index (χ0v) is 21.9. The van der Waals surface area contributed by atoms with Gasteiger partial charge in [-0.25, -0.2) is 9.59 Å². The van der Waals surface area contributed by atoms with Crippen LogP contribution in [0.4, 0.5) is 25.1 Å². The van der Waals surface area contributed by atoms with E-state index in [0.717, 1.165) is 31.5 Å². The third-order valence-electron chi connectivity index (χ3n) is 5.95. The Morgan fingerprint density at radius 1 is 1.07 bits per heavy atom. The van der Waals surface area contributed by atoms with Gasteiger partial charge in [0.1, 0.15) is 18.5 Å². The molecule has 3 atom stereocenters. The zero-order valence-electron chi connectivity index (χ0n) is 21.9. The van der Waals surface area contributed by atoms with Crippen LogP contribution in [0.25, 0.3) is 0 Å². The minimum atomic E-state index is -3.94. The van der Waals surface area contributed by atoms with Gasteiger partial charge in [-0.3, -0.25) is 19.5 Å². The molecule has 1 aliphatic rings. The number of hydrogen-bond acceptors (Lipinski definition) is 9. The van der Waals surface area contributed by atoms with Gasteiger partial charge in [-0.1, -0.05) is 44.4 Å². The van der Waals surface area contributed by atoms with E-state index in [-0.39, 0.29) is 25.3 Å². The van der Waals surface area contributed by atoms with Crippen LogP contribution in [0.3, 0.4) is 0 Å². The minimum Gasteiger partial charge on any atom is -0.463 e. The lowest BCUT2D eigenvalue weighted by Gasteiger charge is -2.21. The summed E-state index contributed by atoms with van der Waals surface area (Å²) in [5, 5.41) is 14.9. The number of ether oxygens (including phenoxy) is 3. The molecule has 1 saturated heterocycles. The van der Waals surface area contributed by atoms with Gasteiger partial charge in [0.2, 0.25) is 12.1 Å². The standard InChI is InChI=1S/C26H32F2N4O8/c1-2-3-4-8-15-38-25(37)31-19-13-14-32(24(36)30-19)23-26(27,28)22(35)18(40-23)16-39-21(34)12-11-20(33)29-17-9-6-5-7-10-17/h5-7,9-10,13-14,18,22-23,35H,2-4,8,11-12,15-16H2,1H3,(H,29,33)(H,30,31,36,37)/t18-,22-,23-/m1/s1. The molecule has 2 heterocycles. The summed E-state index contributed by atoms with van der Waals surface area (Å²) >= 11 is 0. The molecule has 40 heavy (non-hydrogen) atoms. The van der Waals surface area contributed by atoms with Crippen molar-refractivity contribution in [3.8, 4) is 0 Å². The Labute approximate surface area is 228 Å². The Hall–Kier alpha value is -3.91. The zero-order chi connectivity index (χ0) is 29.1. The van der Waals surface area contributed by atoms with Gasteiger partial charge >= 0.3 is 23.7 Å². The number of para-hydroxylation sites is 1. The predicted molar refractivity (Wildman–Crippen MR) is 138 cm³/mol. The molecule has 1 aromatic carbocycles. The lowest BCUT2D eigenvalue weighted by atomic mass is 10.1. The molecule has 0 bridgehead atoms. The van der Waals surface area contributed by atoms with Gasteiger partial charge in [-0.05, 0) is 24.6 Å². The number of benzene rings is 1. The van der Waals surface area contributed by atoms with Gasteiger partial charge in [0, 0.05) is 18.3 Å². The molecule has 0 aliphatic carbocycles. The van der Waals surface area contributed by atoms with Crippen molar-refractivity contribution in [2.45, 2.75) is 69.8 Å². The molecule has 0 saturated carbocycles. The van der Waals surface area contributed by atoms with Crippen molar-refractivity contribution in [3.05, 3.63) is 53.1 Å². The van der Waals surface area contributed by atoms with E-state index in [0.29, 0.717) is 16.7 Å². The highest BCUT2D eigenvalue weighted by molar-refractivity contribution is 5.92. The number of hydrogen-bond donors (Lipinski definition) is 3. The average molecular weight is 567 g/mol. The largest absolute Gasteiger partial charge is 0.463 e. The quantitative estimate of drug-likeness (QED) is 0.244. The van der Waals surface area contributed by atoms with E-state index in [4.69, 9.17) is 14.2 Å². The molecule has 3 N–H and O–H groups in total. The van der Waals surface area contributed by atoms with Crippen LogP contribution in [-0.2, 0) is 23.8 Å². The molecule has 0 spiro atoms. The number of nitrogens with one attached hydrogen (secondary N) is 2. The number of aliphatic hydroxyl groups excluding tert-OH is 1. The number of aromatic nitrogens is 2. The highest BCUT2D eigenvalue weighted by Gasteiger charge is 2.60. The predicted octanol–water partition coefficient (Wildman–Crippen LogP) is 3.23. The normalized spacial score (nSPS) is 19.6. The highest BCUT2D eigenvalue weighted by Crippen LogP contribution is 2.42. The summed E-state index contributed by atoms with van der Waals surface area (Å²) in [6.45, 7) is 1.48. The van der Waals surface area contributed by atoms with E-state index in [9.17, 15) is 33.1 Å². The summed E-state index contributed by atoms with van der Waals surface area (Å²) in [5.41, 5.74) is -0.636. The second-order valence-corrected chi connectivity index (χ2v) is 9.07. The SMILES string of the molecule is CCCCCCOC(=O)Nc1ccn([C@@H]2O[C@H](COC(=O)CCC(=O)Nc3ccccc3)[C@@H](O)C2(F)F)c(=O)n1. The lowest BCUT2D eigenvalue weighted by Crippen LogP contribution is -2.42. The maximum Gasteiger partial charge on any atom is 0.412 e. The first kappa shape index (κ1) is 30.6. The Morgan fingerprint density at radius 2 is 1.82 bits per heavy atom. The van der Waals surface area contributed by atoms with Crippen LogP contribution in [0, 0.1) is 0 Å². The maximum atomic E-state index is 14.8. The van der Waals surface area contributed by atoms with E-state index in [1.807, 2.05) is 6.92 Å². The van der Waals surface area contributed by atoms with Crippen LogP contribution in [-0.4, -0.2) is 64.0 Å². The van der Waals surface area contributed by atoms with Crippen LogP contribution < -0.4 is 16.3 Å². The Morgan fingerprint density at radius 3 is 2.52 bits per heavy atom. The molecule has 1 fully saturated rings. The summed E-state index contributed by atoms with van der Waals surface area (Å²) < 4.78 is 45.1. The van der Waals surface area contributed by atoms with Crippen molar-refractivity contribution in [2.24, 2.45) is 0 Å². The number of carbonyl (C=O) groups is 3. The third kappa shape index (κ3) is 8.55. The van der Waals surface area contributed by atoms with E-state index in [1.165, 1.54) is 0 Å². The van der Waals surface area contributed by atoms with Gasteiger partial charge in [-0.15, -0.1) is 0 Å². The van der Waals surface area contributed by atoms with Crippen LogP contribution >= 0.6 is 0 Å². The van der Waals surface area contributed by atoms with E-state index < -0.39 is 54.6 Å². The first-order valence-electron chi connectivity index (χ1n) is 12.9. The van der Waals surface area contributed by atoms with Crippen LogP contribution in [0.5, 0.6) is 0 Å². The molecule has 218 valence electrons. The number of nitrogens with zero attached hydrogens (tertiary/aromatic N) is 2. The Balaban J connectivity index is 1.50. The van der Waals surface area contributed by atoms with Gasteiger partial charge in [0.25, 0.3) is 0 Å². The molecule has 14 heteroatoms. The lowest BCUT2D eigenvalue weighted by molar-refractivity contribution is -0.151. The highest BCUT2D eigenvalue weighted by atomic mass is 19.3. The number of rotatable bonds is 13. The summed E-state index contributed by atoms with van der Waals surface area (Å²) in [6, 6.07) is 9.65. The van der Waals surface area contributed by atoms with E-state index in [1.54, 1.807) is 30.3 Å². The molecule has 1 aromatic heterocycles. The minimum absolute atomic E-state index is 0.176. The number of unbranched alkanes of at least 4 members (excludes halogenated alkanes) is 3. The molecule has 0 unspecified atom stereocenters. The second kappa shape index (κ2) is 14.5. The van der Waals surface area contributed by atoms with Crippen molar-refractivity contribution in [3.63, 3.8) is 0 Å². The topological polar surface area (TPSA) is 158 Å². The first-order valence-corrected chi connectivity index (χ1v) is 12.9. The fraction of sp³-hybridized carbons (Fsp3) is 0.500. The molecular weight excluding hydrogens is 534 g/mol. The van der Waals surface area contributed by atoms with Crippen molar-refractivity contribution in [1.29, 1.82) is 0 Å². The van der Waals surface area contributed by atoms with Gasteiger partial charge in [-0.2, -0.15) is 13.8 Å². The Bertz CT molecular complexity index is 1210. The van der Waals surface area contributed by atoms with Gasteiger partial charge < -0.3 is 24.6 Å². The van der Waals surface area contributed by atoms with Gasteiger partial charge in [0.15, 0.2) is 6.10 Å². The fourth-order valence-corrected chi connectivity index (χ4v) is 3.81. The smallest absolute Gasteiger partial charge is 0.412 e.